The molecule has 0 spiro atoms. The van der Waals surface area contributed by atoms with E-state index in [1.54, 1.807) is 0 Å². The van der Waals surface area contributed by atoms with E-state index in [9.17, 15) is 10.2 Å². The van der Waals surface area contributed by atoms with Crippen LogP contribution in [0.4, 0.5) is 0 Å². The number of piperidine rings is 1. The Bertz CT molecular complexity index is 5670. The van der Waals surface area contributed by atoms with Gasteiger partial charge in [-0.25, -0.2) is 0 Å². The largest absolute Gasteiger partial charge is 0.392 e. The third-order valence-electron chi connectivity index (χ3n) is 25.9. The van der Waals surface area contributed by atoms with Gasteiger partial charge in [0.05, 0.1) is 41.7 Å². The number of β-amino-alcohol motifs (C(OH)–C–C–N with tert-alkyl or cyclic N) is 2. The summed E-state index contributed by atoms with van der Waals surface area (Å²) in [4.78, 5) is 31.4. The Morgan fingerprint density at radius 3 is 0.854 bits per heavy atom. The van der Waals surface area contributed by atoms with E-state index in [0.717, 1.165) is 166 Å². The fourth-order valence-corrected chi connectivity index (χ4v) is 18.9. The first-order chi connectivity index (χ1) is 59.9. The number of rotatable bonds is 18. The molecule has 4 saturated heterocycles. The van der Waals surface area contributed by atoms with Gasteiger partial charge in [-0.3, -0.25) is 49.8 Å². The summed E-state index contributed by atoms with van der Waals surface area (Å²) in [6.07, 6.45) is 24.5. The average Bonchev–Trinajstić information content (AvgIpc) is 1.67. The number of hydrogen-bond donors (Lipinski definition) is 4. The van der Waals surface area contributed by atoms with Crippen LogP contribution >= 0.6 is 0 Å². The SMILES string of the molecule is Cc1cccc(C2=CCc3ncc(-c4ccc(CN5CCC(NCO)CC5)cc4)cc32)c1.Cc1cccc(C2=CCc3ncc(-c4ccc(CN5CCN(C(C)(C)C)CC5)cc4)cc32)c1.Cc1cccc(C2=CCc3ncc(-c4ccc(CN5CC[C@@H](O)C5)cc4)cc32)c1.Cc1cccc(C2=CCc3ncc(-c4ccc(CN5CC[C@@H](O)C5)cc4)cc32)c1. The van der Waals surface area contributed by atoms with Crippen LogP contribution in [-0.2, 0) is 51.9 Å². The molecule has 12 aromatic rings. The van der Waals surface area contributed by atoms with Crippen molar-refractivity contribution in [1.29, 1.82) is 0 Å². The molecule has 8 aromatic carbocycles. The summed E-state index contributed by atoms with van der Waals surface area (Å²) in [7, 11) is 0. The van der Waals surface area contributed by atoms with Crippen LogP contribution in [0, 0.1) is 27.7 Å². The highest BCUT2D eigenvalue weighted by atomic mass is 16.3. The van der Waals surface area contributed by atoms with Gasteiger partial charge in [0.2, 0.25) is 0 Å². The van der Waals surface area contributed by atoms with E-state index in [2.05, 4.69) is 321 Å². The molecule has 626 valence electrons. The van der Waals surface area contributed by atoms with Crippen LogP contribution in [0.5, 0.6) is 0 Å². The van der Waals surface area contributed by atoms with Crippen molar-refractivity contribution in [2.75, 3.05) is 72.2 Å². The number of hydrogen-bond acceptors (Lipinski definition) is 13. The van der Waals surface area contributed by atoms with Gasteiger partial charge in [-0.05, 0) is 201 Å². The fourth-order valence-electron chi connectivity index (χ4n) is 18.9. The molecule has 8 heterocycles. The number of likely N-dealkylation sites (tertiary alicyclic amines) is 3. The molecule has 13 heteroatoms. The van der Waals surface area contributed by atoms with Gasteiger partial charge in [0, 0.05) is 185 Å². The maximum atomic E-state index is 9.71. The van der Waals surface area contributed by atoms with Crippen LogP contribution in [-0.4, -0.2) is 156 Å². The second-order valence-electron chi connectivity index (χ2n) is 36.1. The van der Waals surface area contributed by atoms with Crippen molar-refractivity contribution in [3.63, 3.8) is 0 Å². The smallest absolute Gasteiger partial charge is 0.0933 e. The maximum Gasteiger partial charge on any atom is 0.0933 e. The van der Waals surface area contributed by atoms with Crippen molar-refractivity contribution in [2.45, 2.75) is 150 Å². The molecule has 2 atom stereocenters. The lowest BCUT2D eigenvalue weighted by molar-refractivity contribution is 0.0591. The van der Waals surface area contributed by atoms with Crippen molar-refractivity contribution in [3.8, 4) is 44.5 Å². The van der Waals surface area contributed by atoms with E-state index in [1.807, 2.05) is 24.8 Å². The highest BCUT2D eigenvalue weighted by Gasteiger charge is 2.29. The molecule has 8 aliphatic rings. The molecule has 4 aromatic heterocycles. The minimum Gasteiger partial charge on any atom is -0.392 e. The van der Waals surface area contributed by atoms with Crippen molar-refractivity contribution in [3.05, 3.63) is 379 Å². The van der Waals surface area contributed by atoms with Crippen molar-refractivity contribution >= 4 is 22.3 Å². The van der Waals surface area contributed by atoms with Crippen LogP contribution in [0.2, 0.25) is 0 Å². The number of aliphatic hydroxyl groups excluding tert-OH is 3. The number of pyridine rings is 4. The first-order valence-corrected chi connectivity index (χ1v) is 44.7. The van der Waals surface area contributed by atoms with Crippen LogP contribution in [0.3, 0.4) is 0 Å². The molecule has 0 amide bonds. The molecule has 4 aliphatic heterocycles. The number of fused-ring (bicyclic) bond motifs is 4. The van der Waals surface area contributed by atoms with Crippen molar-refractivity contribution in [1.82, 2.24) is 49.8 Å². The minimum atomic E-state index is -0.164. The monoisotopic (exact) mass is 1630 g/mol. The summed E-state index contributed by atoms with van der Waals surface area (Å²) in [6, 6.07) is 80.1. The lowest BCUT2D eigenvalue weighted by Gasteiger charge is -2.42. The number of aliphatic hydroxyl groups is 3. The van der Waals surface area contributed by atoms with Gasteiger partial charge < -0.3 is 15.3 Å². The Kier molecular flexibility index (Phi) is 26.3. The lowest BCUT2D eigenvalue weighted by atomic mass is 9.96. The highest BCUT2D eigenvalue weighted by Crippen LogP contribution is 2.41. The van der Waals surface area contributed by atoms with Crippen molar-refractivity contribution < 1.29 is 15.3 Å². The summed E-state index contributed by atoms with van der Waals surface area (Å²) >= 11 is 0. The molecule has 0 unspecified atom stereocenters. The molecule has 4 fully saturated rings. The van der Waals surface area contributed by atoms with Gasteiger partial charge in [-0.15, -0.1) is 0 Å². The second kappa shape index (κ2) is 38.4. The third-order valence-corrected chi connectivity index (χ3v) is 25.9. The predicted molar refractivity (Wildman–Crippen MR) is 503 cm³/mol. The summed E-state index contributed by atoms with van der Waals surface area (Å²) in [5.74, 6) is 0. The van der Waals surface area contributed by atoms with E-state index in [0.29, 0.717) is 6.04 Å². The zero-order valence-electron chi connectivity index (χ0n) is 72.8. The quantitative estimate of drug-likeness (QED) is 0.0607. The van der Waals surface area contributed by atoms with Crippen molar-refractivity contribution in [2.24, 2.45) is 0 Å². The molecule has 0 saturated carbocycles. The van der Waals surface area contributed by atoms with E-state index in [-0.39, 0.29) is 24.5 Å². The van der Waals surface area contributed by atoms with Crippen LogP contribution in [0.15, 0.2) is 267 Å². The average molecular weight is 1630 g/mol. The topological polar surface area (TPSA) is 140 Å². The molecule has 20 rings (SSSR count). The number of nitrogens with one attached hydrogen (secondary N) is 1. The number of piperazine rings is 1. The van der Waals surface area contributed by atoms with Crippen LogP contribution in [0.1, 0.15) is 158 Å². The zero-order valence-corrected chi connectivity index (χ0v) is 72.8. The number of aromatic nitrogens is 4. The van der Waals surface area contributed by atoms with Gasteiger partial charge in [-0.2, -0.15) is 0 Å². The Hall–Kier alpha value is -11.0. The standard InChI is InChI=1S/C30H35N3.C28H31N3O.2C26H26N2O/c1-22-6-5-7-25(18-22)27-12-13-29-28(27)19-26(20-31-29)24-10-8-23(9-11-24)21-32-14-16-33(17-15-32)30(2,3)4;1-20-3-2-4-23(15-20)26-9-10-28-27(26)16-24(17-29-28)22-7-5-21(6-8-22)18-31-13-11-25(12-14-31)30-19-32;2*1-18-3-2-4-21(13-18)24-9-10-26-25(24)14-22(15-27-26)20-7-5-19(6-8-20)16-28-12-11-23(29)17-28/h5-12,18-20H,13-17,21H2,1-4H3;2-9,15-17,25,30,32H,10-14,18-19H2,1H3;2*2-9,13-15,23,29H,10-12,16-17H2,1H3/t;;2*23-/m..11/s1. The van der Waals surface area contributed by atoms with Gasteiger partial charge in [0.25, 0.3) is 0 Å². The molecular weight excluding hydrogens is 1510 g/mol. The van der Waals surface area contributed by atoms with Gasteiger partial charge in [0.15, 0.2) is 0 Å². The Morgan fingerprint density at radius 1 is 0.317 bits per heavy atom. The number of allylic oxidation sites excluding steroid dienone is 4. The summed E-state index contributed by atoms with van der Waals surface area (Å²) in [5, 5.41) is 31.6. The van der Waals surface area contributed by atoms with E-state index < -0.39 is 0 Å². The normalized spacial score (nSPS) is 17.8. The predicted octanol–water partition coefficient (Wildman–Crippen LogP) is 19.7. The van der Waals surface area contributed by atoms with E-state index in [1.165, 1.54) is 156 Å². The number of aryl methyl sites for hydroxylation is 4. The summed E-state index contributed by atoms with van der Waals surface area (Å²) in [6.45, 7) is 29.7. The molecule has 13 nitrogen and oxygen atoms in total. The third kappa shape index (κ3) is 20.8. The maximum absolute atomic E-state index is 9.71. The number of benzene rings is 8. The molecule has 0 bridgehead atoms. The summed E-state index contributed by atoms with van der Waals surface area (Å²) in [5.41, 5.74) is 40.3. The van der Waals surface area contributed by atoms with Gasteiger partial charge in [0.1, 0.15) is 0 Å². The van der Waals surface area contributed by atoms with Gasteiger partial charge in [-0.1, -0.05) is 241 Å². The first-order valence-electron chi connectivity index (χ1n) is 44.7. The van der Waals surface area contributed by atoms with Crippen LogP contribution in [0.25, 0.3) is 66.8 Å². The minimum absolute atomic E-state index is 0.0754. The highest BCUT2D eigenvalue weighted by molar-refractivity contribution is 5.90. The second-order valence-corrected chi connectivity index (χ2v) is 36.1. The number of nitrogens with zero attached hydrogens (tertiary/aromatic N) is 9. The molecule has 123 heavy (non-hydrogen) atoms. The molecular formula is C110H118N10O3. The molecule has 4 N–H and O–H groups in total. The van der Waals surface area contributed by atoms with E-state index in [4.69, 9.17) is 25.0 Å². The zero-order chi connectivity index (χ0) is 84.5. The Morgan fingerprint density at radius 2 is 0.593 bits per heavy atom. The molecule has 4 aliphatic carbocycles. The summed E-state index contributed by atoms with van der Waals surface area (Å²) < 4.78 is 0. The fraction of sp³-hybridized carbons (Fsp3) is 0.309. The Balaban J connectivity index is 0.000000117. The van der Waals surface area contributed by atoms with Crippen LogP contribution < -0.4 is 5.32 Å². The first kappa shape index (κ1) is 84.2. The Labute approximate surface area is 728 Å². The van der Waals surface area contributed by atoms with E-state index >= 15 is 0 Å². The van der Waals surface area contributed by atoms with Gasteiger partial charge >= 0.3 is 0 Å². The lowest BCUT2D eigenvalue weighted by Crippen LogP contribution is -2.53. The molecule has 0 radical (unpaired) electrons.